The van der Waals surface area contributed by atoms with E-state index in [-0.39, 0.29) is 11.5 Å². The first kappa shape index (κ1) is 16.1. The minimum absolute atomic E-state index is 0.124. The zero-order chi connectivity index (χ0) is 14.9. The van der Waals surface area contributed by atoms with Crippen LogP contribution >= 0.6 is 0 Å². The maximum Gasteiger partial charge on any atom is 0.186 e. The summed E-state index contributed by atoms with van der Waals surface area (Å²) < 4.78 is 16.3. The first-order valence-corrected chi connectivity index (χ1v) is 7.25. The van der Waals surface area contributed by atoms with Crippen LogP contribution in [-0.2, 0) is 14.2 Å². The van der Waals surface area contributed by atoms with Gasteiger partial charge in [0.1, 0.15) is 18.3 Å². The van der Waals surface area contributed by atoms with E-state index in [0.29, 0.717) is 19.6 Å². The third-order valence-electron chi connectivity index (χ3n) is 4.01. The topological polar surface area (TPSA) is 88.4 Å². The summed E-state index contributed by atoms with van der Waals surface area (Å²) in [5, 5.41) is 29.8. The van der Waals surface area contributed by atoms with E-state index in [1.54, 1.807) is 0 Å². The molecule has 0 aliphatic carbocycles. The first-order chi connectivity index (χ1) is 9.32. The Bertz CT molecular complexity index is 317. The van der Waals surface area contributed by atoms with Crippen LogP contribution in [0.25, 0.3) is 0 Å². The van der Waals surface area contributed by atoms with Crippen LogP contribution in [0.4, 0.5) is 0 Å². The van der Waals surface area contributed by atoms with Gasteiger partial charge in [-0.15, -0.1) is 0 Å². The molecular weight excluding hydrogens is 264 g/mol. The predicted octanol–water partition coefficient (Wildman–Crippen LogP) is 0.0357. The Balaban J connectivity index is 1.92. The second-order valence-electron chi connectivity index (χ2n) is 6.54. The van der Waals surface area contributed by atoms with E-state index in [9.17, 15) is 15.3 Å². The lowest BCUT2D eigenvalue weighted by Gasteiger charge is -2.43. The summed E-state index contributed by atoms with van der Waals surface area (Å²) in [7, 11) is 0. The Hall–Kier alpha value is -0.240. The van der Waals surface area contributed by atoms with Gasteiger partial charge in [-0.3, -0.25) is 0 Å². The summed E-state index contributed by atoms with van der Waals surface area (Å²) in [6.45, 7) is 7.21. The van der Waals surface area contributed by atoms with Crippen LogP contribution in [0, 0.1) is 5.41 Å². The molecule has 2 aliphatic rings. The van der Waals surface area contributed by atoms with E-state index < -0.39 is 30.7 Å². The zero-order valence-electron chi connectivity index (χ0n) is 12.4. The summed E-state index contributed by atoms with van der Waals surface area (Å²) in [6.07, 6.45) is -3.70. The number of aliphatic hydroxyl groups excluding tert-OH is 3. The summed E-state index contributed by atoms with van der Waals surface area (Å²) in [6, 6.07) is 0. The van der Waals surface area contributed by atoms with Gasteiger partial charge in [0.2, 0.25) is 0 Å². The molecule has 0 saturated carbocycles. The van der Waals surface area contributed by atoms with Crippen molar-refractivity contribution < 1.29 is 29.5 Å². The molecule has 0 bridgehead atoms. The molecule has 0 spiro atoms. The van der Waals surface area contributed by atoms with E-state index in [4.69, 9.17) is 14.2 Å². The molecule has 2 fully saturated rings. The van der Waals surface area contributed by atoms with Gasteiger partial charge < -0.3 is 29.5 Å². The summed E-state index contributed by atoms with van der Waals surface area (Å²) in [5.74, 6) is 0. The van der Waals surface area contributed by atoms with Crippen molar-refractivity contribution in [2.24, 2.45) is 5.41 Å². The van der Waals surface area contributed by atoms with Crippen LogP contribution < -0.4 is 0 Å². The smallest absolute Gasteiger partial charge is 0.186 e. The van der Waals surface area contributed by atoms with Gasteiger partial charge in [-0.05, 0) is 26.7 Å². The fourth-order valence-electron chi connectivity index (χ4n) is 2.62. The summed E-state index contributed by atoms with van der Waals surface area (Å²) in [4.78, 5) is 0. The normalized spacial score (nSPS) is 40.6. The molecule has 0 aromatic rings. The molecule has 0 aromatic carbocycles. The minimum Gasteiger partial charge on any atom is -0.388 e. The molecule has 6 heteroatoms. The number of hydrogen-bond donors (Lipinski definition) is 3. The van der Waals surface area contributed by atoms with Crippen molar-refractivity contribution in [3.8, 4) is 0 Å². The molecule has 2 aliphatic heterocycles. The monoisotopic (exact) mass is 290 g/mol. The predicted molar refractivity (Wildman–Crippen MR) is 71.1 cm³/mol. The van der Waals surface area contributed by atoms with Crippen LogP contribution in [0.3, 0.4) is 0 Å². The van der Waals surface area contributed by atoms with Crippen LogP contribution in [-0.4, -0.2) is 65.3 Å². The Morgan fingerprint density at radius 3 is 2.30 bits per heavy atom. The lowest BCUT2D eigenvalue weighted by molar-refractivity contribution is -0.306. The fraction of sp³-hybridized carbons (Fsp3) is 1.00. The van der Waals surface area contributed by atoms with Crippen molar-refractivity contribution >= 4 is 0 Å². The van der Waals surface area contributed by atoms with E-state index >= 15 is 0 Å². The molecule has 3 N–H and O–H groups in total. The zero-order valence-corrected chi connectivity index (χ0v) is 12.4. The maximum absolute atomic E-state index is 10.0. The molecule has 0 amide bonds. The molecule has 20 heavy (non-hydrogen) atoms. The van der Waals surface area contributed by atoms with Gasteiger partial charge in [-0.1, -0.05) is 6.92 Å². The Labute approximate surface area is 119 Å². The largest absolute Gasteiger partial charge is 0.388 e. The first-order valence-electron chi connectivity index (χ1n) is 7.25. The van der Waals surface area contributed by atoms with Gasteiger partial charge in [0.25, 0.3) is 0 Å². The number of rotatable bonds is 5. The fourth-order valence-corrected chi connectivity index (χ4v) is 2.62. The van der Waals surface area contributed by atoms with Gasteiger partial charge >= 0.3 is 0 Å². The number of aliphatic hydroxyl groups is 3. The minimum atomic E-state index is -1.25. The standard InChI is InChI=1S/C14H26O6/c1-8(2)19-13-12(17)11(16)10(15)9(20-13)4-5-14(3)6-18-7-14/h8-13,15-17H,4-7H2,1-3H3/t9?,10-,11?,12?,13+/m1/s1. The molecule has 2 saturated heterocycles. The summed E-state index contributed by atoms with van der Waals surface area (Å²) >= 11 is 0. The number of hydrogen-bond acceptors (Lipinski definition) is 6. The molecule has 0 aromatic heterocycles. The molecule has 2 heterocycles. The van der Waals surface area contributed by atoms with Gasteiger partial charge in [-0.2, -0.15) is 0 Å². The van der Waals surface area contributed by atoms with Crippen molar-refractivity contribution in [3.05, 3.63) is 0 Å². The van der Waals surface area contributed by atoms with Crippen molar-refractivity contribution in [2.45, 2.75) is 70.4 Å². The van der Waals surface area contributed by atoms with Crippen molar-refractivity contribution in [1.29, 1.82) is 0 Å². The van der Waals surface area contributed by atoms with Crippen molar-refractivity contribution in [2.75, 3.05) is 13.2 Å². The average Bonchev–Trinajstić information content (AvgIpc) is 2.35. The van der Waals surface area contributed by atoms with Crippen molar-refractivity contribution in [3.63, 3.8) is 0 Å². The highest BCUT2D eigenvalue weighted by Crippen LogP contribution is 2.35. The van der Waals surface area contributed by atoms with E-state index in [1.165, 1.54) is 0 Å². The van der Waals surface area contributed by atoms with Crippen LogP contribution in [0.1, 0.15) is 33.6 Å². The van der Waals surface area contributed by atoms with Crippen LogP contribution in [0.15, 0.2) is 0 Å². The average molecular weight is 290 g/mol. The SMILES string of the molecule is CC(C)O[C@H]1OC(CCC2(C)COC2)[C@@H](O)C(O)C1O. The van der Waals surface area contributed by atoms with E-state index in [2.05, 4.69) is 6.92 Å². The highest BCUT2D eigenvalue weighted by Gasteiger charge is 2.45. The van der Waals surface area contributed by atoms with Gasteiger partial charge in [0.05, 0.1) is 25.4 Å². The third-order valence-corrected chi connectivity index (χ3v) is 4.01. The molecule has 118 valence electrons. The van der Waals surface area contributed by atoms with Gasteiger partial charge in [-0.25, -0.2) is 0 Å². The van der Waals surface area contributed by atoms with Gasteiger partial charge in [0.15, 0.2) is 6.29 Å². The second-order valence-corrected chi connectivity index (χ2v) is 6.54. The highest BCUT2D eigenvalue weighted by atomic mass is 16.7. The Kier molecular flexibility index (Phi) is 5.05. The third kappa shape index (κ3) is 3.50. The van der Waals surface area contributed by atoms with Crippen molar-refractivity contribution in [1.82, 2.24) is 0 Å². The molecule has 5 atom stereocenters. The van der Waals surface area contributed by atoms with Crippen LogP contribution in [0.5, 0.6) is 0 Å². The lowest BCUT2D eigenvalue weighted by atomic mass is 9.81. The maximum atomic E-state index is 10.0. The van der Waals surface area contributed by atoms with Gasteiger partial charge in [0, 0.05) is 5.41 Å². The Morgan fingerprint density at radius 2 is 1.80 bits per heavy atom. The number of ether oxygens (including phenoxy) is 3. The second kappa shape index (κ2) is 6.25. The Morgan fingerprint density at radius 1 is 1.15 bits per heavy atom. The summed E-state index contributed by atoms with van der Waals surface area (Å²) in [5.41, 5.74) is 0.124. The highest BCUT2D eigenvalue weighted by molar-refractivity contribution is 4.91. The quantitative estimate of drug-likeness (QED) is 0.662. The molecular formula is C14H26O6. The molecule has 2 rings (SSSR count). The van der Waals surface area contributed by atoms with E-state index in [0.717, 1.165) is 6.42 Å². The lowest BCUT2D eigenvalue weighted by Crippen LogP contribution is -2.58. The molecule has 0 radical (unpaired) electrons. The molecule has 6 nitrogen and oxygen atoms in total. The van der Waals surface area contributed by atoms with Crippen LogP contribution in [0.2, 0.25) is 0 Å². The van der Waals surface area contributed by atoms with E-state index in [1.807, 2.05) is 13.8 Å². The molecule has 3 unspecified atom stereocenters.